The minimum absolute atomic E-state index is 0.0510. The van der Waals surface area contributed by atoms with E-state index < -0.39 is 10.0 Å². The first-order chi connectivity index (χ1) is 13.7. The maximum Gasteiger partial charge on any atom is 0.242 e. The number of ether oxygens (including phenoxy) is 2. The largest absolute Gasteiger partial charge is 0.454 e. The number of hydrogen-bond acceptors (Lipinski definition) is 7. The van der Waals surface area contributed by atoms with Gasteiger partial charge in [0.1, 0.15) is 0 Å². The Bertz CT molecular complexity index is 1130. The summed E-state index contributed by atoms with van der Waals surface area (Å²) in [5.74, 6) is 1.76. The number of rotatable bonds is 5. The summed E-state index contributed by atoms with van der Waals surface area (Å²) in [7, 11) is -3.70. The van der Waals surface area contributed by atoms with Crippen LogP contribution in [-0.2, 0) is 22.0 Å². The first-order valence-corrected chi connectivity index (χ1v) is 10.5. The monoisotopic (exact) mass is 415 g/mol. The molecule has 0 aliphatic carbocycles. The minimum Gasteiger partial charge on any atom is -0.454 e. The number of nitrogens with zero attached hydrogens (tertiary/aromatic N) is 2. The molecule has 1 N–H and O–H groups in total. The molecule has 1 aromatic heterocycles. The lowest BCUT2D eigenvalue weighted by Gasteiger charge is -2.19. The van der Waals surface area contributed by atoms with Crippen molar-refractivity contribution in [1.82, 2.24) is 14.9 Å². The molecule has 0 amide bonds. The van der Waals surface area contributed by atoms with E-state index in [2.05, 4.69) is 35.6 Å². The lowest BCUT2D eigenvalue weighted by molar-refractivity contribution is 0.174. The summed E-state index contributed by atoms with van der Waals surface area (Å²) in [6.07, 6.45) is 0. The van der Waals surface area contributed by atoms with Gasteiger partial charge in [0.2, 0.25) is 28.5 Å². The van der Waals surface area contributed by atoms with Gasteiger partial charge in [-0.25, -0.2) is 13.1 Å². The highest BCUT2D eigenvalue weighted by Gasteiger charge is 2.20. The van der Waals surface area contributed by atoms with Crippen LogP contribution in [0.5, 0.6) is 11.5 Å². The molecular formula is C20H21N3O5S. The second kappa shape index (κ2) is 7.16. The smallest absolute Gasteiger partial charge is 0.242 e. The molecule has 0 spiro atoms. The van der Waals surface area contributed by atoms with Gasteiger partial charge < -0.3 is 14.0 Å². The fourth-order valence-electron chi connectivity index (χ4n) is 2.85. The molecule has 0 saturated heterocycles. The summed E-state index contributed by atoms with van der Waals surface area (Å²) in [6.45, 7) is 6.28. The number of fused-ring (bicyclic) bond motifs is 1. The van der Waals surface area contributed by atoms with Crippen LogP contribution >= 0.6 is 0 Å². The molecule has 0 saturated carbocycles. The van der Waals surface area contributed by atoms with E-state index in [4.69, 9.17) is 14.0 Å². The van der Waals surface area contributed by atoms with Gasteiger partial charge in [-0.05, 0) is 41.3 Å². The Kier molecular flexibility index (Phi) is 4.79. The van der Waals surface area contributed by atoms with E-state index in [0.717, 1.165) is 5.56 Å². The van der Waals surface area contributed by atoms with Crippen LogP contribution in [0, 0.1) is 0 Å². The van der Waals surface area contributed by atoms with Gasteiger partial charge in [0, 0.05) is 5.56 Å². The van der Waals surface area contributed by atoms with Gasteiger partial charge in [-0.15, -0.1) is 0 Å². The van der Waals surface area contributed by atoms with Crippen molar-refractivity contribution in [2.24, 2.45) is 0 Å². The SMILES string of the molecule is CC(C)(C)c1ccc(S(=O)(=O)NCc2nc(-c3ccc4c(c3)OCO4)no2)cc1. The summed E-state index contributed by atoms with van der Waals surface area (Å²) in [6, 6.07) is 12.1. The van der Waals surface area contributed by atoms with Crippen LogP contribution in [0.3, 0.4) is 0 Å². The molecule has 0 atom stereocenters. The molecule has 29 heavy (non-hydrogen) atoms. The molecule has 3 aromatic rings. The molecule has 1 aliphatic heterocycles. The van der Waals surface area contributed by atoms with Crippen LogP contribution < -0.4 is 14.2 Å². The van der Waals surface area contributed by atoms with Gasteiger partial charge >= 0.3 is 0 Å². The molecule has 0 bridgehead atoms. The van der Waals surface area contributed by atoms with Crippen LogP contribution in [0.1, 0.15) is 32.2 Å². The third-order valence-corrected chi connectivity index (χ3v) is 5.96. The number of aromatic nitrogens is 2. The van der Waals surface area contributed by atoms with E-state index >= 15 is 0 Å². The molecule has 9 heteroatoms. The summed E-state index contributed by atoms with van der Waals surface area (Å²) >= 11 is 0. The Morgan fingerprint density at radius 3 is 2.48 bits per heavy atom. The molecule has 8 nitrogen and oxygen atoms in total. The lowest BCUT2D eigenvalue weighted by Crippen LogP contribution is -2.23. The summed E-state index contributed by atoms with van der Waals surface area (Å²) in [4.78, 5) is 4.43. The average molecular weight is 415 g/mol. The fourth-order valence-corrected chi connectivity index (χ4v) is 3.83. The Hall–Kier alpha value is -2.91. The van der Waals surface area contributed by atoms with E-state index in [0.29, 0.717) is 22.9 Å². The van der Waals surface area contributed by atoms with Crippen LogP contribution in [0.2, 0.25) is 0 Å². The Balaban J connectivity index is 1.45. The van der Waals surface area contributed by atoms with Crippen molar-refractivity contribution in [2.45, 2.75) is 37.6 Å². The van der Waals surface area contributed by atoms with Crippen molar-refractivity contribution in [1.29, 1.82) is 0 Å². The highest BCUT2D eigenvalue weighted by molar-refractivity contribution is 7.89. The molecule has 2 aromatic carbocycles. The number of sulfonamides is 1. The predicted molar refractivity (Wildman–Crippen MR) is 105 cm³/mol. The molecule has 4 rings (SSSR count). The van der Waals surface area contributed by atoms with Gasteiger partial charge in [-0.1, -0.05) is 38.1 Å². The first kappa shape index (κ1) is 19.4. The molecule has 0 fully saturated rings. The van der Waals surface area contributed by atoms with Crippen molar-refractivity contribution in [2.75, 3.05) is 6.79 Å². The zero-order chi connectivity index (χ0) is 20.6. The standard InChI is InChI=1S/C20H21N3O5S/c1-20(2,3)14-5-7-15(8-6-14)29(24,25)21-11-18-22-19(23-28-18)13-4-9-16-17(10-13)27-12-26-16/h4-10,21H,11-12H2,1-3H3. The van der Waals surface area contributed by atoms with Crippen molar-refractivity contribution < 1.29 is 22.4 Å². The summed E-state index contributed by atoms with van der Waals surface area (Å²) in [5, 5.41) is 3.91. The highest BCUT2D eigenvalue weighted by atomic mass is 32.2. The van der Waals surface area contributed by atoms with E-state index in [-0.39, 0.29) is 29.5 Å². The number of nitrogens with one attached hydrogen (secondary N) is 1. The van der Waals surface area contributed by atoms with Gasteiger partial charge in [-0.3, -0.25) is 0 Å². The normalized spacial score (nSPS) is 13.6. The third kappa shape index (κ3) is 4.10. The topological polar surface area (TPSA) is 104 Å². The van der Waals surface area contributed by atoms with E-state index in [1.165, 1.54) is 0 Å². The van der Waals surface area contributed by atoms with Crippen molar-refractivity contribution in [3.8, 4) is 22.9 Å². The summed E-state index contributed by atoms with van der Waals surface area (Å²) in [5.41, 5.74) is 1.69. The highest BCUT2D eigenvalue weighted by Crippen LogP contribution is 2.35. The predicted octanol–water partition coefficient (Wildman–Crippen LogP) is 3.24. The Morgan fingerprint density at radius 1 is 1.03 bits per heavy atom. The molecule has 0 radical (unpaired) electrons. The first-order valence-electron chi connectivity index (χ1n) is 9.05. The maximum atomic E-state index is 12.5. The third-order valence-electron chi connectivity index (χ3n) is 4.54. The number of hydrogen-bond donors (Lipinski definition) is 1. The second-order valence-electron chi connectivity index (χ2n) is 7.68. The molecule has 0 unspecified atom stereocenters. The second-order valence-corrected chi connectivity index (χ2v) is 9.45. The zero-order valence-electron chi connectivity index (χ0n) is 16.3. The summed E-state index contributed by atoms with van der Waals surface area (Å²) < 4.78 is 43.4. The Labute approximate surface area is 168 Å². The average Bonchev–Trinajstić information content (AvgIpc) is 3.34. The van der Waals surface area contributed by atoms with Gasteiger partial charge in [0.15, 0.2) is 11.5 Å². The van der Waals surface area contributed by atoms with Gasteiger partial charge in [0.05, 0.1) is 11.4 Å². The van der Waals surface area contributed by atoms with Gasteiger partial charge in [-0.2, -0.15) is 4.98 Å². The number of benzene rings is 2. The van der Waals surface area contributed by atoms with Crippen molar-refractivity contribution in [3.63, 3.8) is 0 Å². The fraction of sp³-hybridized carbons (Fsp3) is 0.300. The van der Waals surface area contributed by atoms with Crippen molar-refractivity contribution in [3.05, 3.63) is 53.9 Å². The van der Waals surface area contributed by atoms with Gasteiger partial charge in [0.25, 0.3) is 0 Å². The van der Waals surface area contributed by atoms with Crippen LogP contribution in [0.25, 0.3) is 11.4 Å². The van der Waals surface area contributed by atoms with Crippen LogP contribution in [0.15, 0.2) is 51.9 Å². The quantitative estimate of drug-likeness (QED) is 0.682. The zero-order valence-corrected chi connectivity index (χ0v) is 17.1. The van der Waals surface area contributed by atoms with E-state index in [9.17, 15) is 8.42 Å². The molecular weight excluding hydrogens is 394 g/mol. The van der Waals surface area contributed by atoms with E-state index in [1.54, 1.807) is 30.3 Å². The molecule has 2 heterocycles. The van der Waals surface area contributed by atoms with E-state index in [1.807, 2.05) is 12.1 Å². The van der Waals surface area contributed by atoms with Crippen LogP contribution in [0.4, 0.5) is 0 Å². The van der Waals surface area contributed by atoms with Crippen molar-refractivity contribution >= 4 is 10.0 Å². The molecule has 152 valence electrons. The minimum atomic E-state index is -3.70. The molecule has 1 aliphatic rings. The Morgan fingerprint density at radius 2 is 1.76 bits per heavy atom. The van der Waals surface area contributed by atoms with Crippen LogP contribution in [-0.4, -0.2) is 25.4 Å². The maximum absolute atomic E-state index is 12.5. The lowest BCUT2D eigenvalue weighted by atomic mass is 9.87.